The van der Waals surface area contributed by atoms with Gasteiger partial charge >= 0.3 is 16.8 Å². The molecule has 0 aliphatic carbocycles. The van der Waals surface area contributed by atoms with Gasteiger partial charge in [0.05, 0.1) is 18.5 Å². The minimum atomic E-state index is -1.43. The van der Waals surface area contributed by atoms with E-state index in [0.717, 1.165) is 6.07 Å². The number of aromatic carboxylic acids is 2. The molecule has 0 aromatic heterocycles. The molecule has 0 heterocycles. The van der Waals surface area contributed by atoms with E-state index in [0.29, 0.717) is 5.56 Å². The van der Waals surface area contributed by atoms with Crippen molar-refractivity contribution in [3.63, 3.8) is 0 Å². The normalized spacial score (nSPS) is 9.31. The number of carboxylic acid groups (broad SMARTS) is 2. The van der Waals surface area contributed by atoms with Crippen LogP contribution in [-0.4, -0.2) is 19.0 Å². The van der Waals surface area contributed by atoms with Crippen LogP contribution in [0, 0.1) is 0 Å². The average molecular weight is 267 g/mol. The number of hydrogen-bond acceptors (Lipinski definition) is 5. The van der Waals surface area contributed by atoms with Gasteiger partial charge in [0.1, 0.15) is 0 Å². The van der Waals surface area contributed by atoms with Crippen LogP contribution < -0.4 is 10.2 Å². The van der Waals surface area contributed by atoms with Crippen LogP contribution in [0.5, 0.6) is 0 Å². The maximum Gasteiger partial charge on any atom is 2.00 e. The van der Waals surface area contributed by atoms with Gasteiger partial charge in [0.2, 0.25) is 0 Å². The molecule has 0 bridgehead atoms. The predicted octanol–water partition coefficient (Wildman–Crippen LogP) is -1.44. The third kappa shape index (κ3) is 3.65. The number of ether oxygens (including phenoxy) is 1. The fourth-order valence-corrected chi connectivity index (χ4v) is 1.18. The molecule has 5 nitrogen and oxygen atoms in total. The van der Waals surface area contributed by atoms with Gasteiger partial charge < -0.3 is 24.5 Å². The Morgan fingerprint density at radius 2 is 1.56 bits per heavy atom. The minimum absolute atomic E-state index is 0. The standard InChI is InChI=1S/C10H10O5.Co/c1-15-5-6-2-7(9(11)12)4-8(3-6)10(13)14;/h2-4H,5H2,1H3,(H,11,12)(H,13,14);/q;+2/p-2. The van der Waals surface area contributed by atoms with Gasteiger partial charge in [0.15, 0.2) is 0 Å². The summed E-state index contributed by atoms with van der Waals surface area (Å²) in [6.45, 7) is 0.126. The molecule has 0 atom stereocenters. The Bertz CT molecular complexity index is 370. The summed E-state index contributed by atoms with van der Waals surface area (Å²) in [6.07, 6.45) is 0. The second kappa shape index (κ2) is 6.26. The van der Waals surface area contributed by atoms with Gasteiger partial charge in [-0.15, -0.1) is 0 Å². The molecule has 0 saturated carbocycles. The Balaban J connectivity index is 0.00000225. The third-order valence-electron chi connectivity index (χ3n) is 1.78. The van der Waals surface area contributed by atoms with Gasteiger partial charge in [0, 0.05) is 7.11 Å². The van der Waals surface area contributed by atoms with E-state index in [1.165, 1.54) is 19.2 Å². The molecular formula is C10H8CoO5. The first-order chi connectivity index (χ1) is 7.04. The van der Waals surface area contributed by atoms with Crippen LogP contribution in [0.1, 0.15) is 26.3 Å². The van der Waals surface area contributed by atoms with E-state index in [2.05, 4.69) is 0 Å². The molecule has 0 aliphatic rings. The Kier molecular flexibility index (Phi) is 5.72. The molecule has 16 heavy (non-hydrogen) atoms. The summed E-state index contributed by atoms with van der Waals surface area (Å²) in [5.41, 5.74) is 0.0332. The molecular weight excluding hydrogens is 259 g/mol. The minimum Gasteiger partial charge on any atom is -0.545 e. The number of methoxy groups -OCH3 is 1. The van der Waals surface area contributed by atoms with Crippen molar-refractivity contribution in [2.45, 2.75) is 6.61 Å². The zero-order valence-electron chi connectivity index (χ0n) is 8.31. The second-order valence-electron chi connectivity index (χ2n) is 2.93. The summed E-state index contributed by atoms with van der Waals surface area (Å²) in [7, 11) is 1.42. The van der Waals surface area contributed by atoms with Crippen molar-refractivity contribution in [2.24, 2.45) is 0 Å². The number of carbonyl (C=O) groups excluding carboxylic acids is 2. The molecule has 0 N–H and O–H groups in total. The average Bonchev–Trinajstić information content (AvgIpc) is 2.17. The van der Waals surface area contributed by atoms with Crippen LogP contribution in [0.2, 0.25) is 0 Å². The monoisotopic (exact) mass is 267 g/mol. The third-order valence-corrected chi connectivity index (χ3v) is 1.78. The summed E-state index contributed by atoms with van der Waals surface area (Å²) in [4.78, 5) is 21.1. The summed E-state index contributed by atoms with van der Waals surface area (Å²) in [6, 6.07) is 3.58. The summed E-state index contributed by atoms with van der Waals surface area (Å²) in [5.74, 6) is -2.87. The number of rotatable bonds is 4. The molecule has 0 unspecified atom stereocenters. The van der Waals surface area contributed by atoms with Crippen LogP contribution >= 0.6 is 0 Å². The van der Waals surface area contributed by atoms with Crippen molar-refractivity contribution in [3.8, 4) is 0 Å². The Morgan fingerprint density at radius 3 is 1.88 bits per heavy atom. The number of carboxylic acids is 2. The quantitative estimate of drug-likeness (QED) is 0.666. The maximum atomic E-state index is 10.6. The molecule has 1 aromatic carbocycles. The van der Waals surface area contributed by atoms with E-state index >= 15 is 0 Å². The van der Waals surface area contributed by atoms with Crippen LogP contribution in [0.25, 0.3) is 0 Å². The Labute approximate surface area is 102 Å². The van der Waals surface area contributed by atoms with Gasteiger partial charge in [-0.3, -0.25) is 0 Å². The first-order valence-electron chi connectivity index (χ1n) is 4.10. The van der Waals surface area contributed by atoms with Crippen LogP contribution in [0.15, 0.2) is 18.2 Å². The fraction of sp³-hybridized carbons (Fsp3) is 0.200. The first-order valence-corrected chi connectivity index (χ1v) is 4.10. The predicted molar refractivity (Wildman–Crippen MR) is 45.8 cm³/mol. The van der Waals surface area contributed by atoms with Crippen molar-refractivity contribution in [2.75, 3.05) is 7.11 Å². The summed E-state index contributed by atoms with van der Waals surface area (Å²) < 4.78 is 4.77. The van der Waals surface area contributed by atoms with Crippen molar-refractivity contribution in [1.29, 1.82) is 0 Å². The van der Waals surface area contributed by atoms with Gasteiger partial charge in [-0.05, 0) is 34.9 Å². The van der Waals surface area contributed by atoms with Gasteiger partial charge in [-0.1, -0.05) is 0 Å². The topological polar surface area (TPSA) is 89.5 Å². The van der Waals surface area contributed by atoms with Crippen LogP contribution in [0.3, 0.4) is 0 Å². The first kappa shape index (κ1) is 14.6. The van der Waals surface area contributed by atoms with Crippen LogP contribution in [-0.2, 0) is 28.1 Å². The molecule has 0 saturated heterocycles. The van der Waals surface area contributed by atoms with Crippen molar-refractivity contribution >= 4 is 11.9 Å². The molecule has 1 rings (SSSR count). The number of benzene rings is 1. The molecule has 87 valence electrons. The smallest absolute Gasteiger partial charge is 0.545 e. The van der Waals surface area contributed by atoms with Crippen molar-refractivity contribution in [3.05, 3.63) is 34.9 Å². The van der Waals surface area contributed by atoms with E-state index < -0.39 is 11.9 Å². The molecule has 0 aliphatic heterocycles. The van der Waals surface area contributed by atoms with E-state index in [4.69, 9.17) is 4.74 Å². The van der Waals surface area contributed by atoms with Crippen LogP contribution in [0.4, 0.5) is 0 Å². The molecule has 1 aromatic rings. The van der Waals surface area contributed by atoms with Crippen molar-refractivity contribution in [1.82, 2.24) is 0 Å². The zero-order chi connectivity index (χ0) is 11.4. The summed E-state index contributed by atoms with van der Waals surface area (Å²) in [5, 5.41) is 21.1. The Morgan fingerprint density at radius 1 is 1.12 bits per heavy atom. The largest absolute Gasteiger partial charge is 2.00 e. The van der Waals surface area contributed by atoms with E-state index in [-0.39, 0.29) is 34.5 Å². The van der Waals surface area contributed by atoms with Gasteiger partial charge in [0.25, 0.3) is 0 Å². The maximum absolute atomic E-state index is 10.6. The van der Waals surface area contributed by atoms with E-state index in [9.17, 15) is 19.8 Å². The summed E-state index contributed by atoms with van der Waals surface area (Å²) >= 11 is 0. The van der Waals surface area contributed by atoms with Gasteiger partial charge in [-0.2, -0.15) is 0 Å². The second-order valence-corrected chi connectivity index (χ2v) is 2.93. The molecule has 6 heteroatoms. The number of carbonyl (C=O) groups is 2. The van der Waals surface area contributed by atoms with E-state index in [1.807, 2.05) is 0 Å². The number of hydrogen-bond donors (Lipinski definition) is 0. The zero-order valence-corrected chi connectivity index (χ0v) is 9.35. The molecule has 0 amide bonds. The fourth-order valence-electron chi connectivity index (χ4n) is 1.18. The SMILES string of the molecule is COCc1cc(C(=O)[O-])cc(C(=O)[O-])c1.[Co+2]. The van der Waals surface area contributed by atoms with Crippen molar-refractivity contribution < 1.29 is 41.3 Å². The molecule has 0 spiro atoms. The Hall–Kier alpha value is -1.37. The van der Waals surface area contributed by atoms with Gasteiger partial charge in [-0.25, -0.2) is 0 Å². The molecule has 1 radical (unpaired) electrons. The van der Waals surface area contributed by atoms with E-state index in [1.54, 1.807) is 0 Å². The molecule has 0 fully saturated rings.